The van der Waals surface area contributed by atoms with Crippen LogP contribution in [0.3, 0.4) is 0 Å². The molecule has 0 unspecified atom stereocenters. The highest BCUT2D eigenvalue weighted by Crippen LogP contribution is 2.34. The molecule has 3 heterocycles. The number of likely N-dealkylation sites (tertiary alicyclic amines) is 1. The standard InChI is InChI=1S/C21H29N5O.HI/c1-25-19(10-12-23-25)20-17(11-15-27-20)16-22-21(26-13-6-3-7-14-26)24-18-8-4-2-5-9-18;/h2,4-5,8-10,12,17,20H,3,6-7,11,13-16H2,1H3,(H,22,24);1H/t17-,20+;/m0./s1. The third kappa shape index (κ3) is 5.05. The van der Waals surface area contributed by atoms with E-state index in [9.17, 15) is 0 Å². The van der Waals surface area contributed by atoms with Gasteiger partial charge in [0.2, 0.25) is 0 Å². The van der Waals surface area contributed by atoms with Gasteiger partial charge >= 0.3 is 0 Å². The molecule has 2 fully saturated rings. The summed E-state index contributed by atoms with van der Waals surface area (Å²) in [5.74, 6) is 1.38. The number of piperidine rings is 1. The van der Waals surface area contributed by atoms with E-state index in [2.05, 4.69) is 45.6 Å². The van der Waals surface area contributed by atoms with E-state index in [1.807, 2.05) is 24.0 Å². The zero-order valence-corrected chi connectivity index (χ0v) is 18.8. The first-order chi connectivity index (χ1) is 13.3. The summed E-state index contributed by atoms with van der Waals surface area (Å²) in [4.78, 5) is 7.43. The maximum atomic E-state index is 6.02. The zero-order chi connectivity index (χ0) is 18.5. The van der Waals surface area contributed by atoms with Crippen molar-refractivity contribution >= 4 is 35.6 Å². The number of nitrogens with one attached hydrogen (secondary N) is 1. The lowest BCUT2D eigenvalue weighted by Crippen LogP contribution is -2.40. The van der Waals surface area contributed by atoms with Gasteiger partial charge in [0.15, 0.2) is 5.96 Å². The molecule has 2 aliphatic heterocycles. The quantitative estimate of drug-likeness (QED) is 0.395. The lowest BCUT2D eigenvalue weighted by atomic mass is 9.99. The normalized spacial score (nSPS) is 22.8. The topological polar surface area (TPSA) is 54.7 Å². The molecule has 0 aliphatic carbocycles. The van der Waals surface area contributed by atoms with Gasteiger partial charge in [-0.1, -0.05) is 18.2 Å². The number of benzene rings is 1. The van der Waals surface area contributed by atoms with Gasteiger partial charge in [0, 0.05) is 51.1 Å². The van der Waals surface area contributed by atoms with Gasteiger partial charge in [-0.15, -0.1) is 24.0 Å². The van der Waals surface area contributed by atoms with Gasteiger partial charge < -0.3 is 15.0 Å². The maximum absolute atomic E-state index is 6.02. The van der Waals surface area contributed by atoms with Gasteiger partial charge in [0.1, 0.15) is 6.10 Å². The number of ether oxygens (including phenoxy) is 1. The summed E-state index contributed by atoms with van der Waals surface area (Å²) in [5.41, 5.74) is 2.23. The molecule has 1 aromatic carbocycles. The molecule has 152 valence electrons. The Hall–Kier alpha value is -1.61. The number of aryl methyl sites for hydroxylation is 1. The molecule has 0 amide bonds. The van der Waals surface area contributed by atoms with Crippen LogP contribution < -0.4 is 5.32 Å². The minimum Gasteiger partial charge on any atom is -0.372 e. The summed E-state index contributed by atoms with van der Waals surface area (Å²) < 4.78 is 7.94. The number of aliphatic imine (C=N–C) groups is 1. The lowest BCUT2D eigenvalue weighted by molar-refractivity contribution is 0.0858. The van der Waals surface area contributed by atoms with Crippen molar-refractivity contribution < 1.29 is 4.74 Å². The van der Waals surface area contributed by atoms with Gasteiger partial charge in [0.05, 0.1) is 5.69 Å². The molecular formula is C21H30IN5O. The molecular weight excluding hydrogens is 465 g/mol. The molecule has 1 aromatic heterocycles. The highest BCUT2D eigenvalue weighted by atomic mass is 127. The Morgan fingerprint density at radius 3 is 2.68 bits per heavy atom. The Morgan fingerprint density at radius 1 is 1.18 bits per heavy atom. The Kier molecular flexibility index (Phi) is 7.73. The van der Waals surface area contributed by atoms with E-state index in [1.165, 1.54) is 19.3 Å². The number of guanidine groups is 1. The van der Waals surface area contributed by atoms with Crippen LogP contribution in [0.2, 0.25) is 0 Å². The van der Waals surface area contributed by atoms with Crippen LogP contribution in [0.5, 0.6) is 0 Å². The summed E-state index contributed by atoms with van der Waals surface area (Å²) in [5, 5.41) is 7.85. The van der Waals surface area contributed by atoms with Gasteiger partial charge in [-0.2, -0.15) is 5.10 Å². The second-order valence-electron chi connectivity index (χ2n) is 7.42. The van der Waals surface area contributed by atoms with E-state index >= 15 is 0 Å². The van der Waals surface area contributed by atoms with Crippen molar-refractivity contribution in [1.29, 1.82) is 0 Å². The van der Waals surface area contributed by atoms with Crippen molar-refractivity contribution in [2.24, 2.45) is 18.0 Å². The molecule has 0 spiro atoms. The minimum atomic E-state index is 0. The van der Waals surface area contributed by atoms with Crippen molar-refractivity contribution in [2.75, 3.05) is 31.6 Å². The molecule has 4 rings (SSSR count). The zero-order valence-electron chi connectivity index (χ0n) is 16.5. The average Bonchev–Trinajstić information content (AvgIpc) is 3.35. The van der Waals surface area contributed by atoms with E-state index < -0.39 is 0 Å². The molecule has 0 saturated carbocycles. The monoisotopic (exact) mass is 495 g/mol. The third-order valence-electron chi connectivity index (χ3n) is 5.53. The molecule has 2 aromatic rings. The van der Waals surface area contributed by atoms with Crippen molar-refractivity contribution in [1.82, 2.24) is 14.7 Å². The summed E-state index contributed by atoms with van der Waals surface area (Å²) in [7, 11) is 1.98. The Bertz CT molecular complexity index is 757. The number of anilines is 1. The Balaban J connectivity index is 0.00000225. The van der Waals surface area contributed by atoms with Crippen LogP contribution in [-0.4, -0.2) is 46.9 Å². The van der Waals surface area contributed by atoms with Crippen LogP contribution in [0.4, 0.5) is 5.69 Å². The van der Waals surface area contributed by atoms with E-state index in [0.29, 0.717) is 5.92 Å². The van der Waals surface area contributed by atoms with Gasteiger partial charge in [-0.05, 0) is 43.9 Å². The van der Waals surface area contributed by atoms with Crippen LogP contribution in [0.1, 0.15) is 37.5 Å². The Morgan fingerprint density at radius 2 is 1.96 bits per heavy atom. The second kappa shape index (κ2) is 10.2. The number of halogens is 1. The fraction of sp³-hybridized carbons (Fsp3) is 0.524. The fourth-order valence-corrected chi connectivity index (χ4v) is 3.99. The van der Waals surface area contributed by atoms with Gasteiger partial charge in [-0.25, -0.2) is 0 Å². The average molecular weight is 495 g/mol. The van der Waals surface area contributed by atoms with Crippen molar-refractivity contribution in [3.8, 4) is 0 Å². The predicted molar refractivity (Wildman–Crippen MR) is 123 cm³/mol. The molecule has 7 heteroatoms. The van der Waals surface area contributed by atoms with Crippen LogP contribution in [0.25, 0.3) is 0 Å². The molecule has 0 radical (unpaired) electrons. The molecule has 1 N–H and O–H groups in total. The van der Waals surface area contributed by atoms with Crippen LogP contribution >= 0.6 is 24.0 Å². The molecule has 2 saturated heterocycles. The molecule has 6 nitrogen and oxygen atoms in total. The fourth-order valence-electron chi connectivity index (χ4n) is 3.99. The summed E-state index contributed by atoms with van der Waals surface area (Å²) in [6.45, 7) is 3.71. The van der Waals surface area contributed by atoms with Crippen molar-refractivity contribution in [2.45, 2.75) is 31.8 Å². The van der Waals surface area contributed by atoms with Crippen LogP contribution in [-0.2, 0) is 11.8 Å². The number of rotatable bonds is 4. The molecule has 28 heavy (non-hydrogen) atoms. The van der Waals surface area contributed by atoms with Gasteiger partial charge in [0.25, 0.3) is 0 Å². The lowest BCUT2D eigenvalue weighted by Gasteiger charge is -2.30. The first-order valence-electron chi connectivity index (χ1n) is 10.0. The second-order valence-corrected chi connectivity index (χ2v) is 7.42. The third-order valence-corrected chi connectivity index (χ3v) is 5.53. The predicted octanol–water partition coefficient (Wildman–Crippen LogP) is 4.07. The Labute approximate surface area is 184 Å². The SMILES string of the molecule is Cn1nccc1[C@@H]1OCC[C@H]1CN=C(Nc1ccccc1)N1CCCCC1.I. The van der Waals surface area contributed by atoms with E-state index in [1.54, 1.807) is 0 Å². The van der Waals surface area contributed by atoms with Crippen LogP contribution in [0.15, 0.2) is 47.6 Å². The number of hydrogen-bond acceptors (Lipinski definition) is 3. The first-order valence-corrected chi connectivity index (χ1v) is 10.0. The molecule has 2 atom stereocenters. The summed E-state index contributed by atoms with van der Waals surface area (Å²) in [6.07, 6.45) is 6.75. The van der Waals surface area contributed by atoms with Crippen molar-refractivity contribution in [3.05, 3.63) is 48.3 Å². The van der Waals surface area contributed by atoms with Crippen LogP contribution in [0, 0.1) is 5.92 Å². The molecule has 0 bridgehead atoms. The number of hydrogen-bond donors (Lipinski definition) is 1. The van der Waals surface area contributed by atoms with Crippen molar-refractivity contribution in [3.63, 3.8) is 0 Å². The number of para-hydroxylation sites is 1. The highest BCUT2D eigenvalue weighted by molar-refractivity contribution is 14.0. The summed E-state index contributed by atoms with van der Waals surface area (Å²) >= 11 is 0. The minimum absolute atomic E-state index is 0. The number of nitrogens with zero attached hydrogens (tertiary/aromatic N) is 4. The number of aromatic nitrogens is 2. The first kappa shape index (κ1) is 21.1. The van der Waals surface area contributed by atoms with E-state index in [4.69, 9.17) is 9.73 Å². The highest BCUT2D eigenvalue weighted by Gasteiger charge is 2.31. The largest absolute Gasteiger partial charge is 0.372 e. The molecule has 2 aliphatic rings. The van der Waals surface area contributed by atoms with Gasteiger partial charge in [-0.3, -0.25) is 9.67 Å². The summed E-state index contributed by atoms with van der Waals surface area (Å²) in [6, 6.07) is 12.4. The smallest absolute Gasteiger partial charge is 0.198 e. The van der Waals surface area contributed by atoms with E-state index in [0.717, 1.165) is 50.0 Å². The van der Waals surface area contributed by atoms with E-state index in [-0.39, 0.29) is 30.1 Å². The maximum Gasteiger partial charge on any atom is 0.198 e.